The molecule has 0 spiro atoms. The molecular weight excluding hydrogens is 384 g/mol. The summed E-state index contributed by atoms with van der Waals surface area (Å²) in [6, 6.07) is 13.7. The van der Waals surface area contributed by atoms with Gasteiger partial charge in [-0.2, -0.15) is 5.01 Å². The molecule has 144 valence electrons. The number of carbonyl (C=O) groups is 3. The molecule has 0 saturated carbocycles. The molecule has 1 aliphatic heterocycles. The van der Waals surface area contributed by atoms with Gasteiger partial charge in [0.2, 0.25) is 5.91 Å². The Morgan fingerprint density at radius 3 is 2.43 bits per heavy atom. The summed E-state index contributed by atoms with van der Waals surface area (Å²) >= 11 is 1.27. The fourth-order valence-electron chi connectivity index (χ4n) is 2.68. The summed E-state index contributed by atoms with van der Waals surface area (Å²) in [5.41, 5.74) is 1.10. The number of benzene rings is 2. The van der Waals surface area contributed by atoms with Crippen LogP contribution in [0.1, 0.15) is 12.5 Å². The van der Waals surface area contributed by atoms with Crippen LogP contribution in [0.2, 0.25) is 0 Å². The third-order valence-corrected chi connectivity index (χ3v) is 5.21. The van der Waals surface area contributed by atoms with E-state index in [-0.39, 0.29) is 11.4 Å². The predicted octanol–water partition coefficient (Wildman–Crippen LogP) is 2.19. The normalized spacial score (nSPS) is 18.7. The van der Waals surface area contributed by atoms with Crippen LogP contribution in [-0.2, 0) is 15.1 Å². The SMILES string of the molecule is C[C@]1(c2ccc([N+](=O)[O-])cc2)NC(=O)N(NC(=O)CSc2ccccc2)C1=O. The molecule has 0 bridgehead atoms. The molecule has 0 aromatic heterocycles. The first-order valence-electron chi connectivity index (χ1n) is 8.20. The molecule has 10 heteroatoms. The Hall–Kier alpha value is -3.40. The highest BCUT2D eigenvalue weighted by molar-refractivity contribution is 8.00. The van der Waals surface area contributed by atoms with Crippen molar-refractivity contribution in [3.8, 4) is 0 Å². The number of nitrogens with zero attached hydrogens (tertiary/aromatic N) is 2. The van der Waals surface area contributed by atoms with E-state index in [0.717, 1.165) is 4.90 Å². The minimum atomic E-state index is -1.44. The quantitative estimate of drug-likeness (QED) is 0.332. The number of nitro groups is 1. The number of imide groups is 1. The molecule has 0 aliphatic carbocycles. The van der Waals surface area contributed by atoms with Crippen LogP contribution in [0.3, 0.4) is 0 Å². The summed E-state index contributed by atoms with van der Waals surface area (Å²) in [5, 5.41) is 13.9. The smallest absolute Gasteiger partial charge is 0.318 e. The molecular formula is C18H16N4O5S. The lowest BCUT2D eigenvalue weighted by molar-refractivity contribution is -0.384. The number of nitrogens with one attached hydrogen (secondary N) is 2. The van der Waals surface area contributed by atoms with Crippen LogP contribution in [0.25, 0.3) is 0 Å². The fraction of sp³-hybridized carbons (Fsp3) is 0.167. The van der Waals surface area contributed by atoms with E-state index >= 15 is 0 Å². The largest absolute Gasteiger partial charge is 0.344 e. The minimum absolute atomic E-state index is 0.0231. The lowest BCUT2D eigenvalue weighted by Crippen LogP contribution is -2.48. The number of hydrogen-bond donors (Lipinski definition) is 2. The first-order chi connectivity index (χ1) is 13.3. The number of rotatable bonds is 6. The highest BCUT2D eigenvalue weighted by Crippen LogP contribution is 2.29. The highest BCUT2D eigenvalue weighted by Gasteiger charge is 2.50. The van der Waals surface area contributed by atoms with E-state index in [1.165, 1.54) is 43.0 Å². The zero-order chi connectivity index (χ0) is 20.3. The monoisotopic (exact) mass is 400 g/mol. The first kappa shape index (κ1) is 19.4. The van der Waals surface area contributed by atoms with E-state index in [0.29, 0.717) is 10.6 Å². The Morgan fingerprint density at radius 1 is 1.18 bits per heavy atom. The van der Waals surface area contributed by atoms with Gasteiger partial charge < -0.3 is 5.32 Å². The van der Waals surface area contributed by atoms with Gasteiger partial charge in [-0.1, -0.05) is 18.2 Å². The van der Waals surface area contributed by atoms with E-state index in [9.17, 15) is 24.5 Å². The summed E-state index contributed by atoms with van der Waals surface area (Å²) in [6.45, 7) is 1.47. The number of nitro benzene ring substituents is 1. The van der Waals surface area contributed by atoms with Crippen molar-refractivity contribution >= 4 is 35.3 Å². The topological polar surface area (TPSA) is 122 Å². The van der Waals surface area contributed by atoms with Crippen LogP contribution < -0.4 is 10.7 Å². The van der Waals surface area contributed by atoms with E-state index in [1.807, 2.05) is 30.3 Å². The van der Waals surface area contributed by atoms with Gasteiger partial charge in [0, 0.05) is 17.0 Å². The van der Waals surface area contributed by atoms with Crippen LogP contribution >= 0.6 is 11.8 Å². The summed E-state index contributed by atoms with van der Waals surface area (Å²) in [7, 11) is 0. The molecule has 4 amide bonds. The van der Waals surface area contributed by atoms with E-state index < -0.39 is 28.3 Å². The Labute approximate surface area is 164 Å². The van der Waals surface area contributed by atoms with Gasteiger partial charge >= 0.3 is 6.03 Å². The Kier molecular flexibility index (Phi) is 5.32. The maximum absolute atomic E-state index is 12.8. The van der Waals surface area contributed by atoms with Crippen molar-refractivity contribution in [1.82, 2.24) is 15.8 Å². The predicted molar refractivity (Wildman–Crippen MR) is 101 cm³/mol. The van der Waals surface area contributed by atoms with Crippen molar-refractivity contribution < 1.29 is 19.3 Å². The van der Waals surface area contributed by atoms with Crippen molar-refractivity contribution in [3.05, 3.63) is 70.3 Å². The number of non-ortho nitro benzene ring substituents is 1. The maximum atomic E-state index is 12.8. The van der Waals surface area contributed by atoms with Crippen molar-refractivity contribution in [2.75, 3.05) is 5.75 Å². The molecule has 1 atom stereocenters. The van der Waals surface area contributed by atoms with Gasteiger partial charge in [0.1, 0.15) is 5.54 Å². The highest BCUT2D eigenvalue weighted by atomic mass is 32.2. The lowest BCUT2D eigenvalue weighted by atomic mass is 9.92. The summed E-state index contributed by atoms with van der Waals surface area (Å²) in [6.07, 6.45) is 0. The van der Waals surface area contributed by atoms with E-state index in [1.54, 1.807) is 0 Å². The second-order valence-corrected chi connectivity index (χ2v) is 7.19. The van der Waals surface area contributed by atoms with Crippen molar-refractivity contribution in [3.63, 3.8) is 0 Å². The van der Waals surface area contributed by atoms with Crippen LogP contribution in [0, 0.1) is 10.1 Å². The average molecular weight is 400 g/mol. The summed E-state index contributed by atoms with van der Waals surface area (Å²) in [5.74, 6) is -1.16. The van der Waals surface area contributed by atoms with E-state index in [4.69, 9.17) is 0 Å². The standard InChI is InChI=1S/C18H16N4O5S/c1-18(12-7-9-13(10-8-12)22(26)27)16(24)21(17(25)19-18)20-15(23)11-28-14-5-3-2-4-6-14/h2-10H,11H2,1H3,(H,19,25)(H,20,23)/t18-/m1/s1. The number of amides is 4. The number of hydrazine groups is 1. The fourth-order valence-corrected chi connectivity index (χ4v) is 3.39. The van der Waals surface area contributed by atoms with Crippen LogP contribution in [0.15, 0.2) is 59.5 Å². The molecule has 2 aromatic carbocycles. The Bertz CT molecular complexity index is 935. The van der Waals surface area contributed by atoms with Gasteiger partial charge in [0.25, 0.3) is 11.6 Å². The van der Waals surface area contributed by atoms with Gasteiger partial charge in [-0.05, 0) is 36.8 Å². The molecule has 3 rings (SSSR count). The average Bonchev–Trinajstić information content (AvgIpc) is 2.91. The third kappa shape index (κ3) is 3.81. The molecule has 2 N–H and O–H groups in total. The van der Waals surface area contributed by atoms with Gasteiger partial charge in [-0.25, -0.2) is 4.79 Å². The maximum Gasteiger partial charge on any atom is 0.344 e. The Morgan fingerprint density at radius 2 is 1.82 bits per heavy atom. The molecule has 2 aromatic rings. The lowest BCUT2D eigenvalue weighted by Gasteiger charge is -2.22. The molecule has 0 radical (unpaired) electrons. The number of hydrogen-bond acceptors (Lipinski definition) is 6. The first-order valence-corrected chi connectivity index (χ1v) is 9.19. The van der Waals surface area contributed by atoms with Gasteiger partial charge in [0.05, 0.1) is 10.7 Å². The summed E-state index contributed by atoms with van der Waals surface area (Å²) in [4.78, 5) is 48.2. The number of urea groups is 1. The van der Waals surface area contributed by atoms with Gasteiger partial charge in [0.15, 0.2) is 0 Å². The molecule has 0 unspecified atom stereocenters. The zero-order valence-electron chi connectivity index (χ0n) is 14.7. The Balaban J connectivity index is 1.68. The molecule has 1 heterocycles. The van der Waals surface area contributed by atoms with Gasteiger partial charge in [-0.15, -0.1) is 11.8 Å². The third-order valence-electron chi connectivity index (χ3n) is 4.20. The zero-order valence-corrected chi connectivity index (χ0v) is 15.6. The molecule has 1 aliphatic rings. The molecule has 1 fully saturated rings. The molecule has 9 nitrogen and oxygen atoms in total. The minimum Gasteiger partial charge on any atom is -0.318 e. The van der Waals surface area contributed by atoms with Crippen molar-refractivity contribution in [2.45, 2.75) is 17.4 Å². The van der Waals surface area contributed by atoms with Gasteiger partial charge in [-0.3, -0.25) is 25.1 Å². The second-order valence-electron chi connectivity index (χ2n) is 6.14. The van der Waals surface area contributed by atoms with E-state index in [2.05, 4.69) is 10.7 Å². The number of thioether (sulfide) groups is 1. The van der Waals surface area contributed by atoms with Crippen molar-refractivity contribution in [1.29, 1.82) is 0 Å². The second kappa shape index (κ2) is 7.69. The van der Waals surface area contributed by atoms with Crippen LogP contribution in [-0.4, -0.2) is 33.5 Å². The summed E-state index contributed by atoms with van der Waals surface area (Å²) < 4.78 is 0. The molecule has 1 saturated heterocycles. The van der Waals surface area contributed by atoms with Crippen LogP contribution in [0.5, 0.6) is 0 Å². The van der Waals surface area contributed by atoms with Crippen LogP contribution in [0.4, 0.5) is 10.5 Å². The molecule has 28 heavy (non-hydrogen) atoms. The number of carbonyl (C=O) groups excluding carboxylic acids is 3. The van der Waals surface area contributed by atoms with Crippen molar-refractivity contribution in [2.24, 2.45) is 0 Å².